The van der Waals surface area contributed by atoms with Crippen molar-refractivity contribution in [2.45, 2.75) is 12.4 Å². The fourth-order valence-corrected chi connectivity index (χ4v) is 5.62. The third-order valence-corrected chi connectivity index (χ3v) is 7.96. The molecule has 0 aliphatic carbocycles. The molecule has 0 bridgehead atoms. The van der Waals surface area contributed by atoms with E-state index in [9.17, 15) is 21.6 Å². The SMILES string of the molecule is C=Cc1ccc(-c2ccc3c4c(C=C)c(C=C)c(OS(=O)(=O)C(F)(F)F)cc4n(-c4ccccc4)c3c2)cc1/C=C\C. The van der Waals surface area contributed by atoms with Crippen LogP contribution in [0, 0.1) is 0 Å². The van der Waals surface area contributed by atoms with Crippen LogP contribution >= 0.6 is 0 Å². The highest BCUT2D eigenvalue weighted by molar-refractivity contribution is 7.88. The lowest BCUT2D eigenvalue weighted by molar-refractivity contribution is -0.0500. The minimum atomic E-state index is -5.95. The van der Waals surface area contributed by atoms with Crippen LogP contribution in [0.4, 0.5) is 13.2 Å². The average molecular weight is 586 g/mol. The van der Waals surface area contributed by atoms with Crippen molar-refractivity contribution < 1.29 is 25.8 Å². The van der Waals surface area contributed by atoms with Gasteiger partial charge in [0.25, 0.3) is 0 Å². The summed E-state index contributed by atoms with van der Waals surface area (Å²) in [6.45, 7) is 13.4. The first-order valence-electron chi connectivity index (χ1n) is 12.9. The van der Waals surface area contributed by atoms with Crippen molar-refractivity contribution in [1.29, 1.82) is 0 Å². The van der Waals surface area contributed by atoms with E-state index in [1.54, 1.807) is 6.08 Å². The standard InChI is InChI=1S/C34H26F3NO3S/c1-5-12-23-19-24(16-15-22(23)6-2)25-17-18-29-30(20-25)38(26-13-10-9-11-14-26)31-21-32(41-42(39,40)34(35,36)37)27(7-3)28(8-4)33(29)31/h5-21H,2-4H2,1H3/b12-5-. The van der Waals surface area contributed by atoms with Crippen molar-refractivity contribution in [3.05, 3.63) is 121 Å². The molecular formula is C34H26F3NO3S. The summed E-state index contributed by atoms with van der Waals surface area (Å²) in [6.07, 6.45) is 8.48. The second-order valence-corrected chi connectivity index (χ2v) is 11.0. The normalized spacial score (nSPS) is 12.2. The Hall–Kier alpha value is -4.82. The molecule has 0 radical (unpaired) electrons. The number of hydrogen-bond donors (Lipinski definition) is 0. The molecule has 0 fully saturated rings. The van der Waals surface area contributed by atoms with Crippen LogP contribution in [0.25, 0.3) is 62.9 Å². The van der Waals surface area contributed by atoms with Gasteiger partial charge in [-0.3, -0.25) is 0 Å². The maximum absolute atomic E-state index is 13.3. The van der Waals surface area contributed by atoms with Gasteiger partial charge in [-0.25, -0.2) is 0 Å². The molecule has 4 nitrogen and oxygen atoms in total. The summed E-state index contributed by atoms with van der Waals surface area (Å²) in [4.78, 5) is 0. The van der Waals surface area contributed by atoms with Crippen molar-refractivity contribution >= 4 is 56.2 Å². The Morgan fingerprint density at radius 1 is 0.786 bits per heavy atom. The lowest BCUT2D eigenvalue weighted by Crippen LogP contribution is -2.28. The van der Waals surface area contributed by atoms with Gasteiger partial charge < -0.3 is 8.75 Å². The van der Waals surface area contributed by atoms with Gasteiger partial charge in [0.2, 0.25) is 0 Å². The Bertz CT molecular complexity index is 2020. The van der Waals surface area contributed by atoms with Gasteiger partial charge in [-0.15, -0.1) is 0 Å². The summed E-state index contributed by atoms with van der Waals surface area (Å²) in [5.74, 6) is -0.499. The summed E-state index contributed by atoms with van der Waals surface area (Å²) in [5.41, 5.74) is 0.642. The molecule has 0 saturated heterocycles. The lowest BCUT2D eigenvalue weighted by atomic mass is 9.96. The van der Waals surface area contributed by atoms with Gasteiger partial charge in [0.15, 0.2) is 5.75 Å². The molecule has 8 heteroatoms. The Balaban J connectivity index is 1.88. The molecule has 5 aromatic rings. The minimum Gasteiger partial charge on any atom is -0.375 e. The molecule has 42 heavy (non-hydrogen) atoms. The predicted molar refractivity (Wildman–Crippen MR) is 167 cm³/mol. The molecule has 0 aliphatic heterocycles. The fourth-order valence-electron chi connectivity index (χ4n) is 5.15. The Labute approximate surface area is 242 Å². The number of hydrogen-bond acceptors (Lipinski definition) is 3. The highest BCUT2D eigenvalue weighted by Crippen LogP contribution is 2.43. The summed E-state index contributed by atoms with van der Waals surface area (Å²) in [7, 11) is -5.95. The van der Waals surface area contributed by atoms with E-state index in [4.69, 9.17) is 0 Å². The summed E-state index contributed by atoms with van der Waals surface area (Å²) >= 11 is 0. The highest BCUT2D eigenvalue weighted by Gasteiger charge is 2.49. The zero-order valence-electron chi connectivity index (χ0n) is 22.7. The zero-order valence-corrected chi connectivity index (χ0v) is 23.5. The van der Waals surface area contributed by atoms with Gasteiger partial charge in [-0.1, -0.05) is 92.6 Å². The molecule has 0 N–H and O–H groups in total. The average Bonchev–Trinajstić information content (AvgIpc) is 3.29. The molecule has 0 atom stereocenters. The number of benzene rings is 4. The molecule has 0 amide bonds. The quantitative estimate of drug-likeness (QED) is 0.135. The van der Waals surface area contributed by atoms with Crippen molar-refractivity contribution in [2.75, 3.05) is 0 Å². The summed E-state index contributed by atoms with van der Waals surface area (Å²) < 4.78 is 70.6. The van der Waals surface area contributed by atoms with Crippen LogP contribution in [-0.2, 0) is 10.1 Å². The Morgan fingerprint density at radius 2 is 1.45 bits per heavy atom. The monoisotopic (exact) mass is 585 g/mol. The van der Waals surface area contributed by atoms with Crippen LogP contribution in [0.2, 0.25) is 0 Å². The summed E-state index contributed by atoms with van der Waals surface area (Å²) in [5, 5.41) is 1.45. The van der Waals surface area contributed by atoms with Crippen molar-refractivity contribution in [3.8, 4) is 22.6 Å². The third kappa shape index (κ3) is 4.84. The Morgan fingerprint density at radius 3 is 2.07 bits per heavy atom. The van der Waals surface area contributed by atoms with Gasteiger partial charge in [0.05, 0.1) is 11.0 Å². The highest BCUT2D eigenvalue weighted by atomic mass is 32.2. The number of nitrogens with zero attached hydrogens (tertiary/aromatic N) is 1. The maximum Gasteiger partial charge on any atom is 0.534 e. The second-order valence-electron chi connectivity index (χ2n) is 9.44. The second kappa shape index (κ2) is 10.9. The van der Waals surface area contributed by atoms with E-state index >= 15 is 0 Å². The van der Waals surface area contributed by atoms with Crippen molar-refractivity contribution in [1.82, 2.24) is 4.57 Å². The van der Waals surface area contributed by atoms with Crippen molar-refractivity contribution in [3.63, 3.8) is 0 Å². The van der Waals surface area contributed by atoms with Crippen LogP contribution in [0.3, 0.4) is 0 Å². The largest absolute Gasteiger partial charge is 0.534 e. The first-order chi connectivity index (χ1) is 20.0. The smallest absolute Gasteiger partial charge is 0.375 e. The number of alkyl halides is 3. The van der Waals surface area contributed by atoms with Crippen LogP contribution in [-0.4, -0.2) is 18.5 Å². The molecule has 212 valence electrons. The number of para-hydroxylation sites is 1. The van der Waals surface area contributed by atoms with E-state index in [0.29, 0.717) is 16.5 Å². The molecular weight excluding hydrogens is 559 g/mol. The minimum absolute atomic E-state index is 0.0810. The first-order valence-corrected chi connectivity index (χ1v) is 14.3. The van der Waals surface area contributed by atoms with Gasteiger partial charge in [0, 0.05) is 28.1 Å². The molecule has 1 heterocycles. The molecule has 0 saturated carbocycles. The van der Waals surface area contributed by atoms with E-state index in [0.717, 1.165) is 38.8 Å². The zero-order chi connectivity index (χ0) is 30.2. The molecule has 5 rings (SSSR count). The number of halogens is 3. The van der Waals surface area contributed by atoms with Gasteiger partial charge in [-0.05, 0) is 59.0 Å². The van der Waals surface area contributed by atoms with E-state index in [1.807, 2.05) is 84.3 Å². The Kier molecular flexibility index (Phi) is 7.43. The van der Waals surface area contributed by atoms with E-state index < -0.39 is 21.4 Å². The number of fused-ring (bicyclic) bond motifs is 3. The maximum atomic E-state index is 13.3. The lowest BCUT2D eigenvalue weighted by Gasteiger charge is -2.15. The van der Waals surface area contributed by atoms with E-state index in [-0.39, 0.29) is 5.56 Å². The number of rotatable bonds is 8. The van der Waals surface area contributed by atoms with Crippen LogP contribution < -0.4 is 4.18 Å². The first kappa shape index (κ1) is 28.7. The topological polar surface area (TPSA) is 48.3 Å². The van der Waals surface area contributed by atoms with Crippen LogP contribution in [0.1, 0.15) is 29.2 Å². The fraction of sp³-hybridized carbons (Fsp3) is 0.0588. The van der Waals surface area contributed by atoms with Gasteiger partial charge in [-0.2, -0.15) is 21.6 Å². The molecule has 1 aromatic heterocycles. The van der Waals surface area contributed by atoms with Gasteiger partial charge >= 0.3 is 15.6 Å². The van der Waals surface area contributed by atoms with Gasteiger partial charge in [0.1, 0.15) is 0 Å². The van der Waals surface area contributed by atoms with Crippen LogP contribution in [0.15, 0.2) is 98.6 Å². The predicted octanol–water partition coefficient (Wildman–Crippen LogP) is 9.64. The van der Waals surface area contributed by atoms with E-state index in [1.165, 1.54) is 18.2 Å². The molecule has 0 spiro atoms. The molecule has 4 aromatic carbocycles. The third-order valence-electron chi connectivity index (χ3n) is 6.99. The number of allylic oxidation sites excluding steroid dienone is 1. The summed E-state index contributed by atoms with van der Waals surface area (Å²) in [6, 6.07) is 22.5. The van der Waals surface area contributed by atoms with Crippen molar-refractivity contribution in [2.24, 2.45) is 0 Å². The molecule has 0 unspecified atom stereocenters. The molecule has 0 aliphatic rings. The van der Waals surface area contributed by atoms with Crippen LogP contribution in [0.5, 0.6) is 5.75 Å². The van der Waals surface area contributed by atoms with E-state index in [2.05, 4.69) is 30.0 Å². The number of aromatic nitrogens is 1.